The van der Waals surface area contributed by atoms with E-state index in [-0.39, 0.29) is 23.1 Å². The molecule has 1 N–H and O–H groups in total. The van der Waals surface area contributed by atoms with E-state index in [1.165, 1.54) is 14.2 Å². The van der Waals surface area contributed by atoms with Crippen LogP contribution in [0.4, 0.5) is 5.69 Å². The molecular weight excluding hydrogens is 400 g/mol. The molecule has 152 valence electrons. The number of benzene rings is 2. The third kappa shape index (κ3) is 4.84. The maximum atomic E-state index is 13.0. The SMILES string of the molecule is COc1ccc(C(C)C)cc1S(=O)(=O)N(C)CC(=O)Nc1cccc(Cl)c1C. The van der Waals surface area contributed by atoms with Crippen LogP contribution in [0.1, 0.15) is 30.9 Å². The zero-order chi connectivity index (χ0) is 21.1. The summed E-state index contributed by atoms with van der Waals surface area (Å²) in [6.07, 6.45) is 0. The minimum Gasteiger partial charge on any atom is -0.495 e. The zero-order valence-corrected chi connectivity index (χ0v) is 18.2. The molecule has 0 aromatic heterocycles. The molecule has 0 atom stereocenters. The number of hydrogen-bond acceptors (Lipinski definition) is 4. The highest BCUT2D eigenvalue weighted by molar-refractivity contribution is 7.89. The summed E-state index contributed by atoms with van der Waals surface area (Å²) in [5.41, 5.74) is 2.13. The molecule has 2 rings (SSSR count). The van der Waals surface area contributed by atoms with Crippen molar-refractivity contribution in [3.05, 3.63) is 52.5 Å². The molecule has 0 aliphatic rings. The van der Waals surface area contributed by atoms with Crippen LogP contribution in [-0.4, -0.2) is 39.3 Å². The molecule has 0 heterocycles. The number of hydrogen-bond donors (Lipinski definition) is 1. The highest BCUT2D eigenvalue weighted by Crippen LogP contribution is 2.30. The van der Waals surface area contributed by atoms with Gasteiger partial charge in [-0.15, -0.1) is 0 Å². The standard InChI is InChI=1S/C20H25ClN2O4S/c1-13(2)15-9-10-18(27-5)19(11-15)28(25,26)23(4)12-20(24)22-17-8-6-7-16(21)14(17)3/h6-11,13H,12H2,1-5H3,(H,22,24). The smallest absolute Gasteiger partial charge is 0.246 e. The summed E-state index contributed by atoms with van der Waals surface area (Å²) < 4.78 is 32.3. The van der Waals surface area contributed by atoms with Gasteiger partial charge in [0.2, 0.25) is 15.9 Å². The zero-order valence-electron chi connectivity index (χ0n) is 16.6. The molecule has 0 bridgehead atoms. The summed E-state index contributed by atoms with van der Waals surface area (Å²) >= 11 is 6.06. The van der Waals surface area contributed by atoms with E-state index >= 15 is 0 Å². The molecule has 2 aromatic carbocycles. The predicted molar refractivity (Wildman–Crippen MR) is 112 cm³/mol. The van der Waals surface area contributed by atoms with Crippen molar-refractivity contribution in [1.29, 1.82) is 0 Å². The first-order valence-corrected chi connectivity index (χ1v) is 10.6. The van der Waals surface area contributed by atoms with Gasteiger partial charge in [0.15, 0.2) is 0 Å². The van der Waals surface area contributed by atoms with Crippen molar-refractivity contribution in [2.75, 3.05) is 26.0 Å². The molecule has 0 unspecified atom stereocenters. The molecule has 1 amide bonds. The average molecular weight is 425 g/mol. The Balaban J connectivity index is 2.25. The summed E-state index contributed by atoms with van der Waals surface area (Å²) in [6.45, 7) is 5.38. The van der Waals surface area contributed by atoms with Gasteiger partial charge in [0, 0.05) is 17.8 Å². The van der Waals surface area contributed by atoms with Crippen LogP contribution in [0.15, 0.2) is 41.3 Å². The largest absolute Gasteiger partial charge is 0.495 e. The number of carbonyl (C=O) groups is 1. The van der Waals surface area contributed by atoms with Gasteiger partial charge in [-0.25, -0.2) is 8.42 Å². The Bertz CT molecular complexity index is 974. The second-order valence-corrected chi connectivity index (χ2v) is 9.21. The molecule has 2 aromatic rings. The van der Waals surface area contributed by atoms with Gasteiger partial charge in [0.05, 0.1) is 13.7 Å². The molecule has 0 radical (unpaired) electrons. The van der Waals surface area contributed by atoms with Crippen molar-refractivity contribution in [1.82, 2.24) is 4.31 Å². The van der Waals surface area contributed by atoms with Crippen molar-refractivity contribution in [2.45, 2.75) is 31.6 Å². The van der Waals surface area contributed by atoms with Gasteiger partial charge in [0.25, 0.3) is 0 Å². The van der Waals surface area contributed by atoms with Crippen molar-refractivity contribution >= 4 is 33.2 Å². The molecule has 0 spiro atoms. The summed E-state index contributed by atoms with van der Waals surface area (Å²) in [4.78, 5) is 12.4. The second-order valence-electron chi connectivity index (χ2n) is 6.79. The number of ether oxygens (including phenoxy) is 1. The minimum absolute atomic E-state index is 0.0374. The van der Waals surface area contributed by atoms with Crippen LogP contribution in [0.25, 0.3) is 0 Å². The Morgan fingerprint density at radius 1 is 1.25 bits per heavy atom. The number of methoxy groups -OCH3 is 1. The van der Waals surface area contributed by atoms with Gasteiger partial charge in [0.1, 0.15) is 10.6 Å². The van der Waals surface area contributed by atoms with Crippen LogP contribution < -0.4 is 10.1 Å². The molecular formula is C20H25ClN2O4S. The second kappa shape index (κ2) is 8.94. The number of nitrogens with zero attached hydrogens (tertiary/aromatic N) is 1. The van der Waals surface area contributed by atoms with Crippen molar-refractivity contribution in [2.24, 2.45) is 0 Å². The Morgan fingerprint density at radius 2 is 1.93 bits per heavy atom. The summed E-state index contributed by atoms with van der Waals surface area (Å²) in [7, 11) is -1.14. The van der Waals surface area contributed by atoms with Crippen molar-refractivity contribution in [3.63, 3.8) is 0 Å². The molecule has 0 fully saturated rings. The van der Waals surface area contributed by atoms with Crippen LogP contribution in [0, 0.1) is 6.92 Å². The van der Waals surface area contributed by atoms with E-state index in [1.54, 1.807) is 37.3 Å². The Hall–Kier alpha value is -2.09. The van der Waals surface area contributed by atoms with Gasteiger partial charge in [-0.3, -0.25) is 4.79 Å². The highest BCUT2D eigenvalue weighted by Gasteiger charge is 2.27. The fourth-order valence-corrected chi connectivity index (χ4v) is 4.13. The first kappa shape index (κ1) is 22.2. The van der Waals surface area contributed by atoms with Crippen LogP contribution in [0.5, 0.6) is 5.75 Å². The van der Waals surface area contributed by atoms with Gasteiger partial charge in [-0.2, -0.15) is 4.31 Å². The lowest BCUT2D eigenvalue weighted by atomic mass is 10.0. The summed E-state index contributed by atoms with van der Waals surface area (Å²) in [5.74, 6) is -0.0722. The van der Waals surface area contributed by atoms with Crippen molar-refractivity contribution in [3.8, 4) is 5.75 Å². The van der Waals surface area contributed by atoms with Crippen LogP contribution in [0.2, 0.25) is 5.02 Å². The average Bonchev–Trinajstić information content (AvgIpc) is 2.64. The Labute approximate surface area is 171 Å². The lowest BCUT2D eigenvalue weighted by Gasteiger charge is -2.20. The van der Waals surface area contributed by atoms with E-state index in [1.807, 2.05) is 19.9 Å². The maximum absolute atomic E-state index is 13.0. The molecule has 6 nitrogen and oxygen atoms in total. The van der Waals surface area contributed by atoms with E-state index < -0.39 is 15.9 Å². The van der Waals surface area contributed by atoms with Crippen LogP contribution >= 0.6 is 11.6 Å². The number of rotatable bonds is 7. The monoisotopic (exact) mass is 424 g/mol. The van der Waals surface area contributed by atoms with E-state index in [0.29, 0.717) is 16.3 Å². The topological polar surface area (TPSA) is 75.7 Å². The molecule has 0 saturated carbocycles. The molecule has 0 aliphatic carbocycles. The number of carbonyl (C=O) groups excluding carboxylic acids is 1. The van der Waals surface area contributed by atoms with Gasteiger partial charge < -0.3 is 10.1 Å². The van der Waals surface area contributed by atoms with E-state index in [2.05, 4.69) is 5.32 Å². The minimum atomic E-state index is -3.92. The van der Waals surface area contributed by atoms with Gasteiger partial charge in [-0.1, -0.05) is 37.6 Å². The summed E-state index contributed by atoms with van der Waals surface area (Å²) in [6, 6.07) is 10.2. The maximum Gasteiger partial charge on any atom is 0.246 e. The van der Waals surface area contributed by atoms with Crippen molar-refractivity contribution < 1.29 is 17.9 Å². The normalized spacial score (nSPS) is 11.7. The summed E-state index contributed by atoms with van der Waals surface area (Å²) in [5, 5.41) is 3.23. The first-order valence-electron chi connectivity index (χ1n) is 8.77. The number of sulfonamides is 1. The number of likely N-dealkylation sites (N-methyl/N-ethyl adjacent to an activating group) is 1. The van der Waals surface area contributed by atoms with E-state index in [4.69, 9.17) is 16.3 Å². The highest BCUT2D eigenvalue weighted by atomic mass is 35.5. The lowest BCUT2D eigenvalue weighted by molar-refractivity contribution is -0.116. The fourth-order valence-electron chi connectivity index (χ4n) is 2.64. The number of nitrogens with one attached hydrogen (secondary N) is 1. The quantitative estimate of drug-likeness (QED) is 0.727. The number of anilines is 1. The Kier molecular flexibility index (Phi) is 7.09. The predicted octanol–water partition coefficient (Wildman–Crippen LogP) is 4.04. The Morgan fingerprint density at radius 3 is 2.54 bits per heavy atom. The third-order valence-corrected chi connectivity index (χ3v) is 6.68. The number of halogens is 1. The van der Waals surface area contributed by atoms with Gasteiger partial charge >= 0.3 is 0 Å². The lowest BCUT2D eigenvalue weighted by Crippen LogP contribution is -2.35. The fraction of sp³-hybridized carbons (Fsp3) is 0.350. The van der Waals surface area contributed by atoms with E-state index in [9.17, 15) is 13.2 Å². The van der Waals surface area contributed by atoms with Gasteiger partial charge in [-0.05, 0) is 48.2 Å². The number of amides is 1. The first-order chi connectivity index (χ1) is 13.1. The molecule has 0 saturated heterocycles. The molecule has 0 aliphatic heterocycles. The van der Waals surface area contributed by atoms with Crippen LogP contribution in [-0.2, 0) is 14.8 Å². The molecule has 28 heavy (non-hydrogen) atoms. The third-order valence-electron chi connectivity index (χ3n) is 4.45. The van der Waals surface area contributed by atoms with E-state index in [0.717, 1.165) is 9.87 Å². The van der Waals surface area contributed by atoms with Crippen LogP contribution in [0.3, 0.4) is 0 Å². The molecule has 8 heteroatoms.